The van der Waals surface area contributed by atoms with E-state index < -0.39 is 5.60 Å². The summed E-state index contributed by atoms with van der Waals surface area (Å²) in [4.78, 5) is 2.23. The molecule has 0 saturated carbocycles. The number of nitrogens with zero attached hydrogens (tertiary/aromatic N) is 1. The molecule has 3 atom stereocenters. The molecule has 4 nitrogen and oxygen atoms in total. The minimum Gasteiger partial charge on any atom is -0.382 e. The first-order valence-corrected chi connectivity index (χ1v) is 6.89. The summed E-state index contributed by atoms with van der Waals surface area (Å²) in [6.07, 6.45) is 0.392. The second-order valence-electron chi connectivity index (χ2n) is 5.55. The van der Waals surface area contributed by atoms with Gasteiger partial charge >= 0.3 is 0 Å². The highest BCUT2D eigenvalue weighted by molar-refractivity contribution is 5.23. The molecule has 3 N–H and O–H groups in total. The molecule has 0 aromatic heterocycles. The highest BCUT2D eigenvalue weighted by Crippen LogP contribution is 2.23. The molecule has 4 heteroatoms. The van der Waals surface area contributed by atoms with Crippen LogP contribution < -0.4 is 5.73 Å². The van der Waals surface area contributed by atoms with Crippen LogP contribution in [0.15, 0.2) is 30.3 Å². The molecular formula is C15H24N2O2. The maximum Gasteiger partial charge on any atom is 0.114 e. The average Bonchev–Trinajstić information content (AvgIpc) is 2.38. The Hall–Kier alpha value is -0.940. The van der Waals surface area contributed by atoms with Crippen molar-refractivity contribution in [3.05, 3.63) is 35.9 Å². The summed E-state index contributed by atoms with van der Waals surface area (Å²) in [5.41, 5.74) is 5.71. The maximum atomic E-state index is 10.8. The number of nitrogens with two attached hydrogens (primary N) is 1. The molecule has 0 bridgehead atoms. The lowest BCUT2D eigenvalue weighted by atomic mass is 9.93. The molecule has 0 amide bonds. The summed E-state index contributed by atoms with van der Waals surface area (Å²) >= 11 is 0. The van der Waals surface area contributed by atoms with Crippen molar-refractivity contribution in [3.63, 3.8) is 0 Å². The molecule has 0 spiro atoms. The van der Waals surface area contributed by atoms with Crippen LogP contribution in [0.5, 0.6) is 0 Å². The predicted octanol–water partition coefficient (Wildman–Crippen LogP) is 0.942. The van der Waals surface area contributed by atoms with Crippen LogP contribution in [-0.4, -0.2) is 48.4 Å². The Labute approximate surface area is 115 Å². The first kappa shape index (κ1) is 14.5. The van der Waals surface area contributed by atoms with Crippen LogP contribution in [0.25, 0.3) is 0 Å². The monoisotopic (exact) mass is 264 g/mol. The predicted molar refractivity (Wildman–Crippen MR) is 75.8 cm³/mol. The lowest BCUT2D eigenvalue weighted by Crippen LogP contribution is -2.53. The fourth-order valence-electron chi connectivity index (χ4n) is 2.81. The minimum atomic E-state index is -0.988. The van der Waals surface area contributed by atoms with E-state index in [1.807, 2.05) is 30.3 Å². The van der Waals surface area contributed by atoms with Gasteiger partial charge in [0.15, 0.2) is 0 Å². The molecular weight excluding hydrogens is 240 g/mol. The maximum absolute atomic E-state index is 10.8. The summed E-state index contributed by atoms with van der Waals surface area (Å²) in [6, 6.07) is 9.67. The fourth-order valence-corrected chi connectivity index (χ4v) is 2.81. The molecule has 1 heterocycles. The van der Waals surface area contributed by atoms with Crippen molar-refractivity contribution < 1.29 is 9.84 Å². The van der Waals surface area contributed by atoms with Gasteiger partial charge in [-0.25, -0.2) is 0 Å². The van der Waals surface area contributed by atoms with Gasteiger partial charge in [-0.15, -0.1) is 0 Å². The standard InChI is InChI=1S/C15H24N2O2/c1-12-8-17(9-13(2)19-12)11-15(18,10-16)14-6-4-3-5-7-14/h3-7,12-13,18H,8-11,16H2,1-2H3/t12-,13+,15?. The summed E-state index contributed by atoms with van der Waals surface area (Å²) in [5.74, 6) is 0. The zero-order valence-electron chi connectivity index (χ0n) is 11.7. The van der Waals surface area contributed by atoms with Gasteiger partial charge in [-0.1, -0.05) is 30.3 Å². The van der Waals surface area contributed by atoms with E-state index in [9.17, 15) is 5.11 Å². The molecule has 1 aliphatic heterocycles. The van der Waals surface area contributed by atoms with Gasteiger partial charge in [0.1, 0.15) is 5.60 Å². The third-order valence-corrected chi connectivity index (χ3v) is 3.63. The number of hydrogen-bond acceptors (Lipinski definition) is 4. The normalized spacial score (nSPS) is 28.0. The van der Waals surface area contributed by atoms with Crippen molar-refractivity contribution in [1.29, 1.82) is 0 Å². The highest BCUT2D eigenvalue weighted by atomic mass is 16.5. The fraction of sp³-hybridized carbons (Fsp3) is 0.600. The third-order valence-electron chi connectivity index (χ3n) is 3.63. The molecule has 1 unspecified atom stereocenters. The van der Waals surface area contributed by atoms with Crippen LogP contribution >= 0.6 is 0 Å². The number of morpholine rings is 1. The molecule has 19 heavy (non-hydrogen) atoms. The molecule has 1 aliphatic rings. The summed E-state index contributed by atoms with van der Waals surface area (Å²) < 4.78 is 5.72. The van der Waals surface area contributed by atoms with E-state index in [0.717, 1.165) is 18.7 Å². The van der Waals surface area contributed by atoms with E-state index in [-0.39, 0.29) is 18.8 Å². The van der Waals surface area contributed by atoms with E-state index in [4.69, 9.17) is 10.5 Å². The van der Waals surface area contributed by atoms with Gasteiger partial charge < -0.3 is 15.6 Å². The SMILES string of the molecule is C[C@@H]1CN(CC(O)(CN)c2ccccc2)C[C@H](C)O1. The van der Waals surface area contributed by atoms with Crippen molar-refractivity contribution in [1.82, 2.24) is 4.90 Å². The Balaban J connectivity index is 2.10. The number of rotatable bonds is 4. The number of benzene rings is 1. The second-order valence-corrected chi connectivity index (χ2v) is 5.55. The Morgan fingerprint density at radius 1 is 1.26 bits per heavy atom. The van der Waals surface area contributed by atoms with Crippen LogP contribution in [0.2, 0.25) is 0 Å². The van der Waals surface area contributed by atoms with Gasteiger partial charge in [-0.05, 0) is 19.4 Å². The Morgan fingerprint density at radius 3 is 2.37 bits per heavy atom. The van der Waals surface area contributed by atoms with Crippen molar-refractivity contribution in [2.45, 2.75) is 31.7 Å². The first-order valence-electron chi connectivity index (χ1n) is 6.89. The Kier molecular flexibility index (Phi) is 4.58. The molecule has 1 aromatic rings. The van der Waals surface area contributed by atoms with E-state index in [1.165, 1.54) is 0 Å². The molecule has 1 fully saturated rings. The van der Waals surface area contributed by atoms with Gasteiger partial charge in [0, 0.05) is 26.2 Å². The lowest BCUT2D eigenvalue weighted by molar-refractivity contribution is -0.0919. The molecule has 1 aromatic carbocycles. The van der Waals surface area contributed by atoms with Crippen molar-refractivity contribution in [2.24, 2.45) is 5.73 Å². The van der Waals surface area contributed by atoms with Crippen LogP contribution in [-0.2, 0) is 10.3 Å². The number of ether oxygens (including phenoxy) is 1. The van der Waals surface area contributed by atoms with Crippen molar-refractivity contribution in [2.75, 3.05) is 26.2 Å². The van der Waals surface area contributed by atoms with E-state index in [0.29, 0.717) is 6.54 Å². The third kappa shape index (κ3) is 3.54. The molecule has 2 rings (SSSR count). The largest absolute Gasteiger partial charge is 0.382 e. The summed E-state index contributed by atoms with van der Waals surface area (Å²) in [6.45, 7) is 6.56. The molecule has 0 radical (unpaired) electrons. The van der Waals surface area contributed by atoms with Crippen LogP contribution in [0.3, 0.4) is 0 Å². The van der Waals surface area contributed by atoms with Gasteiger partial charge in [-0.3, -0.25) is 4.90 Å². The summed E-state index contributed by atoms with van der Waals surface area (Å²) in [7, 11) is 0. The average molecular weight is 264 g/mol. The molecule has 1 saturated heterocycles. The molecule has 0 aliphatic carbocycles. The zero-order chi connectivity index (χ0) is 13.9. The minimum absolute atomic E-state index is 0.196. The number of aliphatic hydroxyl groups is 1. The smallest absolute Gasteiger partial charge is 0.114 e. The van der Waals surface area contributed by atoms with Gasteiger partial charge in [-0.2, -0.15) is 0 Å². The second kappa shape index (κ2) is 6.01. The first-order chi connectivity index (χ1) is 9.03. The molecule has 106 valence electrons. The van der Waals surface area contributed by atoms with Crippen LogP contribution in [0.4, 0.5) is 0 Å². The quantitative estimate of drug-likeness (QED) is 0.850. The van der Waals surface area contributed by atoms with E-state index in [2.05, 4.69) is 18.7 Å². The van der Waals surface area contributed by atoms with Gasteiger partial charge in [0.25, 0.3) is 0 Å². The summed E-state index contributed by atoms with van der Waals surface area (Å²) in [5, 5.41) is 10.8. The van der Waals surface area contributed by atoms with Crippen molar-refractivity contribution in [3.8, 4) is 0 Å². The topological polar surface area (TPSA) is 58.7 Å². The number of β-amino-alcohol motifs (C(OH)–C–C–N with tert-alkyl or cyclic N) is 1. The van der Waals surface area contributed by atoms with Crippen LogP contribution in [0.1, 0.15) is 19.4 Å². The number of hydrogen-bond donors (Lipinski definition) is 2. The lowest BCUT2D eigenvalue weighted by Gasteiger charge is -2.40. The Morgan fingerprint density at radius 2 is 1.84 bits per heavy atom. The van der Waals surface area contributed by atoms with Crippen LogP contribution in [0, 0.1) is 0 Å². The van der Waals surface area contributed by atoms with Crippen molar-refractivity contribution >= 4 is 0 Å². The van der Waals surface area contributed by atoms with E-state index >= 15 is 0 Å². The zero-order valence-corrected chi connectivity index (χ0v) is 11.7. The van der Waals surface area contributed by atoms with E-state index in [1.54, 1.807) is 0 Å². The highest BCUT2D eigenvalue weighted by Gasteiger charge is 2.33. The van der Waals surface area contributed by atoms with Gasteiger partial charge in [0.05, 0.1) is 12.2 Å². The van der Waals surface area contributed by atoms with Gasteiger partial charge in [0.2, 0.25) is 0 Å². The Bertz CT molecular complexity index is 388.